The van der Waals surface area contributed by atoms with Crippen molar-refractivity contribution in [3.05, 3.63) is 28.0 Å². The fourth-order valence-electron chi connectivity index (χ4n) is 1.58. The fraction of sp³-hybridized carbons (Fsp3) is 0.417. The van der Waals surface area contributed by atoms with Crippen molar-refractivity contribution in [2.75, 3.05) is 0 Å². The van der Waals surface area contributed by atoms with E-state index in [1.807, 2.05) is 6.92 Å². The Labute approximate surface area is 129 Å². The minimum atomic E-state index is -4.28. The van der Waals surface area contributed by atoms with Crippen molar-refractivity contribution in [1.29, 1.82) is 0 Å². The van der Waals surface area contributed by atoms with Gasteiger partial charge in [-0.3, -0.25) is 0 Å². The second-order valence-corrected chi connectivity index (χ2v) is 7.59. The van der Waals surface area contributed by atoms with E-state index < -0.39 is 25.7 Å². The topological polar surface area (TPSA) is 60.4 Å². The highest BCUT2D eigenvalue weighted by Crippen LogP contribution is 2.27. The van der Waals surface area contributed by atoms with Crippen LogP contribution in [0.2, 0.25) is 0 Å². The first-order valence-electron chi connectivity index (χ1n) is 5.81. The quantitative estimate of drug-likeness (QED) is 0.568. The van der Waals surface area contributed by atoms with Gasteiger partial charge in [-0.1, -0.05) is 13.3 Å². The zero-order chi connectivity index (χ0) is 15.5. The van der Waals surface area contributed by atoms with Gasteiger partial charge in [-0.2, -0.15) is 0 Å². The van der Waals surface area contributed by atoms with Crippen LogP contribution >= 0.6 is 26.6 Å². The molecule has 0 heterocycles. The van der Waals surface area contributed by atoms with Crippen molar-refractivity contribution in [2.45, 2.75) is 37.7 Å². The van der Waals surface area contributed by atoms with Crippen molar-refractivity contribution in [3.8, 4) is 0 Å². The molecule has 0 fully saturated rings. The van der Waals surface area contributed by atoms with Gasteiger partial charge in [0.1, 0.15) is 10.7 Å². The normalized spacial score (nSPS) is 13.1. The molecule has 20 heavy (non-hydrogen) atoms. The van der Waals surface area contributed by atoms with Gasteiger partial charge in [0.25, 0.3) is 9.05 Å². The van der Waals surface area contributed by atoms with Crippen LogP contribution in [0.1, 0.15) is 37.0 Å². The second-order valence-electron chi connectivity index (χ2n) is 4.20. The van der Waals surface area contributed by atoms with Gasteiger partial charge in [0.2, 0.25) is 0 Å². The second kappa shape index (κ2) is 6.87. The van der Waals surface area contributed by atoms with Crippen LogP contribution in [0.25, 0.3) is 0 Å². The minimum Gasteiger partial charge on any atom is -0.459 e. The average Bonchev–Trinajstić information content (AvgIpc) is 2.26. The molecule has 8 heteroatoms. The maximum Gasteiger partial charge on any atom is 0.339 e. The number of carbonyl (C=O) groups is 1. The van der Waals surface area contributed by atoms with E-state index in [1.54, 1.807) is 6.92 Å². The highest BCUT2D eigenvalue weighted by molar-refractivity contribution is 9.10. The van der Waals surface area contributed by atoms with E-state index in [0.717, 1.165) is 18.6 Å². The van der Waals surface area contributed by atoms with Gasteiger partial charge in [-0.05, 0) is 41.4 Å². The maximum absolute atomic E-state index is 13.5. The van der Waals surface area contributed by atoms with Crippen LogP contribution in [0, 0.1) is 5.82 Å². The predicted octanol–water partition coefficient (Wildman–Crippen LogP) is 3.86. The van der Waals surface area contributed by atoms with Gasteiger partial charge in [0.05, 0.1) is 11.7 Å². The Hall–Kier alpha value is -0.660. The SMILES string of the molecule is CCCC(C)OC(=O)c1cc(S(=O)(=O)Cl)c(F)cc1Br. The van der Waals surface area contributed by atoms with Gasteiger partial charge in [0.15, 0.2) is 0 Å². The van der Waals surface area contributed by atoms with Gasteiger partial charge < -0.3 is 4.74 Å². The molecule has 1 atom stereocenters. The zero-order valence-electron chi connectivity index (χ0n) is 10.8. The number of hydrogen-bond donors (Lipinski definition) is 0. The van der Waals surface area contributed by atoms with Crippen molar-refractivity contribution >= 4 is 41.6 Å². The van der Waals surface area contributed by atoms with Gasteiger partial charge in [0, 0.05) is 15.2 Å². The minimum absolute atomic E-state index is 0.0893. The lowest BCUT2D eigenvalue weighted by Gasteiger charge is -2.13. The monoisotopic (exact) mass is 386 g/mol. The van der Waals surface area contributed by atoms with E-state index in [2.05, 4.69) is 15.9 Å². The summed E-state index contributed by atoms with van der Waals surface area (Å²) in [7, 11) is 0.837. The van der Waals surface area contributed by atoms with Crippen LogP contribution in [0.5, 0.6) is 0 Å². The largest absolute Gasteiger partial charge is 0.459 e. The van der Waals surface area contributed by atoms with E-state index >= 15 is 0 Å². The Kier molecular flexibility index (Phi) is 5.97. The van der Waals surface area contributed by atoms with Crippen molar-refractivity contribution in [3.63, 3.8) is 0 Å². The predicted molar refractivity (Wildman–Crippen MR) is 76.9 cm³/mol. The average molecular weight is 388 g/mol. The number of esters is 1. The summed E-state index contributed by atoms with van der Waals surface area (Å²) in [5.74, 6) is -1.77. The Balaban J connectivity index is 3.16. The van der Waals surface area contributed by atoms with Crippen LogP contribution in [0.3, 0.4) is 0 Å². The van der Waals surface area contributed by atoms with E-state index in [0.29, 0.717) is 6.42 Å². The molecular weight excluding hydrogens is 375 g/mol. The molecule has 4 nitrogen and oxygen atoms in total. The molecular formula is C12H13BrClFO4S. The Morgan fingerprint density at radius 1 is 1.50 bits per heavy atom. The number of carbonyl (C=O) groups excluding carboxylic acids is 1. The van der Waals surface area contributed by atoms with E-state index in [1.165, 1.54) is 0 Å². The van der Waals surface area contributed by atoms with Crippen LogP contribution in [0.4, 0.5) is 4.39 Å². The van der Waals surface area contributed by atoms with Gasteiger partial charge in [-0.15, -0.1) is 0 Å². The first kappa shape index (κ1) is 17.4. The van der Waals surface area contributed by atoms with E-state index in [4.69, 9.17) is 15.4 Å². The lowest BCUT2D eigenvalue weighted by molar-refractivity contribution is 0.0322. The lowest BCUT2D eigenvalue weighted by Crippen LogP contribution is -2.16. The molecule has 0 saturated carbocycles. The molecule has 1 rings (SSSR count). The number of ether oxygens (including phenoxy) is 1. The lowest BCUT2D eigenvalue weighted by atomic mass is 10.2. The first-order valence-corrected chi connectivity index (χ1v) is 8.91. The van der Waals surface area contributed by atoms with Crippen LogP contribution in [0.15, 0.2) is 21.5 Å². The van der Waals surface area contributed by atoms with Crippen molar-refractivity contribution < 1.29 is 22.3 Å². The fourth-order valence-corrected chi connectivity index (χ4v) is 2.97. The third kappa shape index (κ3) is 4.43. The zero-order valence-corrected chi connectivity index (χ0v) is 14.0. The molecule has 0 spiro atoms. The van der Waals surface area contributed by atoms with E-state index in [-0.39, 0.29) is 16.1 Å². The summed E-state index contributed by atoms with van der Waals surface area (Å²) in [4.78, 5) is 11.2. The van der Waals surface area contributed by atoms with Crippen molar-refractivity contribution in [1.82, 2.24) is 0 Å². The third-order valence-electron chi connectivity index (χ3n) is 2.51. The highest BCUT2D eigenvalue weighted by Gasteiger charge is 2.23. The summed E-state index contributed by atoms with van der Waals surface area (Å²) in [6.07, 6.45) is 1.19. The molecule has 112 valence electrons. The number of hydrogen-bond acceptors (Lipinski definition) is 4. The smallest absolute Gasteiger partial charge is 0.339 e. The molecule has 0 aromatic heterocycles. The van der Waals surface area contributed by atoms with Crippen LogP contribution < -0.4 is 0 Å². The molecule has 0 amide bonds. The third-order valence-corrected chi connectivity index (χ3v) is 4.50. The molecule has 1 unspecified atom stereocenters. The molecule has 0 N–H and O–H groups in total. The van der Waals surface area contributed by atoms with Gasteiger partial charge in [-0.25, -0.2) is 17.6 Å². The van der Waals surface area contributed by atoms with Gasteiger partial charge >= 0.3 is 5.97 Å². The van der Waals surface area contributed by atoms with Crippen LogP contribution in [-0.4, -0.2) is 20.5 Å². The Morgan fingerprint density at radius 3 is 2.60 bits per heavy atom. The molecule has 0 radical (unpaired) electrons. The highest BCUT2D eigenvalue weighted by atomic mass is 79.9. The van der Waals surface area contributed by atoms with Crippen LogP contribution in [-0.2, 0) is 13.8 Å². The summed E-state index contributed by atoms with van der Waals surface area (Å²) in [5, 5.41) is 0. The number of benzene rings is 1. The molecule has 1 aromatic rings. The number of rotatable bonds is 5. The summed E-state index contributed by atoms with van der Waals surface area (Å²) in [6, 6.07) is 1.74. The maximum atomic E-state index is 13.5. The standard InChI is InChI=1S/C12H13BrClFO4S/c1-3-4-7(2)19-12(16)8-5-11(20(14,17)18)10(15)6-9(8)13/h5-7H,3-4H2,1-2H3. The Morgan fingerprint density at radius 2 is 2.10 bits per heavy atom. The summed E-state index contributed by atoms with van der Waals surface area (Å²) in [6.45, 7) is 3.66. The summed E-state index contributed by atoms with van der Waals surface area (Å²) >= 11 is 3.00. The molecule has 0 saturated heterocycles. The number of halogens is 3. The molecule has 0 bridgehead atoms. The summed E-state index contributed by atoms with van der Waals surface area (Å²) in [5.41, 5.74) is -0.0893. The molecule has 1 aromatic carbocycles. The molecule has 0 aliphatic heterocycles. The molecule has 0 aliphatic rings. The Bertz CT molecular complexity index is 618. The first-order chi connectivity index (χ1) is 9.16. The van der Waals surface area contributed by atoms with E-state index in [9.17, 15) is 17.6 Å². The summed E-state index contributed by atoms with van der Waals surface area (Å²) < 4.78 is 41.2. The van der Waals surface area contributed by atoms with Crippen molar-refractivity contribution in [2.24, 2.45) is 0 Å². The molecule has 0 aliphatic carbocycles.